The molecule has 1 heterocycles. The molecule has 5 nitrogen and oxygen atoms in total. The average Bonchev–Trinajstić information content (AvgIpc) is 3.00. The molecule has 0 atom stereocenters. The van der Waals surface area contributed by atoms with Crippen LogP contribution in [0.1, 0.15) is 30.3 Å². The van der Waals surface area contributed by atoms with Gasteiger partial charge in [-0.1, -0.05) is 24.6 Å². The molecule has 3 rings (SSSR count). The summed E-state index contributed by atoms with van der Waals surface area (Å²) in [5, 5.41) is 11.7. The quantitative estimate of drug-likeness (QED) is 0.437. The van der Waals surface area contributed by atoms with Gasteiger partial charge in [-0.2, -0.15) is 14.9 Å². The van der Waals surface area contributed by atoms with Crippen molar-refractivity contribution in [2.24, 2.45) is 5.10 Å². The topological polar surface area (TPSA) is 55.2 Å². The molecule has 2 aromatic carbocycles. The number of aromatic nitrogens is 3. The first kappa shape index (κ1) is 19.3. The smallest absolute Gasteiger partial charge is 0.216 e. The van der Waals surface area contributed by atoms with Crippen LogP contribution in [0.25, 0.3) is 0 Å². The minimum atomic E-state index is -0.383. The summed E-state index contributed by atoms with van der Waals surface area (Å²) in [5.74, 6) is 1.02. The largest absolute Gasteiger partial charge is 0.489 e. The molecule has 0 bridgehead atoms. The highest BCUT2D eigenvalue weighted by Crippen LogP contribution is 2.21. The van der Waals surface area contributed by atoms with Gasteiger partial charge in [-0.25, -0.2) is 4.39 Å². The van der Waals surface area contributed by atoms with Gasteiger partial charge in [-0.15, -0.1) is 0 Å². The zero-order valence-electron chi connectivity index (χ0n) is 14.7. The summed E-state index contributed by atoms with van der Waals surface area (Å²) in [6, 6.07) is 11.8. The molecule has 0 aliphatic rings. The number of aromatic amines is 1. The Morgan fingerprint density at radius 1 is 1.30 bits per heavy atom. The third kappa shape index (κ3) is 4.81. The van der Waals surface area contributed by atoms with Crippen molar-refractivity contribution in [2.45, 2.75) is 26.4 Å². The van der Waals surface area contributed by atoms with E-state index in [1.54, 1.807) is 35.2 Å². The Hall–Kier alpha value is -2.51. The Kier molecular flexibility index (Phi) is 6.36. The van der Waals surface area contributed by atoms with Gasteiger partial charge in [0, 0.05) is 12.0 Å². The molecule has 0 saturated carbocycles. The number of H-pyrrole nitrogens is 1. The van der Waals surface area contributed by atoms with Crippen molar-refractivity contribution in [1.29, 1.82) is 0 Å². The van der Waals surface area contributed by atoms with Crippen LogP contribution in [-0.2, 0) is 13.0 Å². The van der Waals surface area contributed by atoms with Crippen molar-refractivity contribution in [3.8, 4) is 5.75 Å². The van der Waals surface area contributed by atoms with Crippen LogP contribution < -0.4 is 4.74 Å². The van der Waals surface area contributed by atoms with Crippen LogP contribution in [0, 0.1) is 10.6 Å². The molecule has 0 aliphatic heterocycles. The SMILES string of the molecule is CCCc1n[nH]c(=S)n1/N=C/c1ccc(OCc2c(F)cccc2Cl)cc1. The van der Waals surface area contributed by atoms with E-state index in [9.17, 15) is 4.39 Å². The van der Waals surface area contributed by atoms with E-state index in [-0.39, 0.29) is 12.4 Å². The second kappa shape index (κ2) is 8.92. The Labute approximate surface area is 166 Å². The van der Waals surface area contributed by atoms with Crippen molar-refractivity contribution in [1.82, 2.24) is 14.9 Å². The van der Waals surface area contributed by atoms with Crippen LogP contribution >= 0.6 is 23.8 Å². The van der Waals surface area contributed by atoms with Gasteiger partial charge >= 0.3 is 0 Å². The lowest BCUT2D eigenvalue weighted by Gasteiger charge is -2.09. The Balaban J connectivity index is 1.67. The number of benzene rings is 2. The van der Waals surface area contributed by atoms with E-state index in [1.807, 2.05) is 12.1 Å². The molecular weight excluding hydrogens is 387 g/mol. The summed E-state index contributed by atoms with van der Waals surface area (Å²) < 4.78 is 21.5. The summed E-state index contributed by atoms with van der Waals surface area (Å²) in [4.78, 5) is 0. The van der Waals surface area contributed by atoms with Gasteiger partial charge in [0.25, 0.3) is 0 Å². The summed E-state index contributed by atoms with van der Waals surface area (Å²) in [6.07, 6.45) is 3.44. The molecule has 0 unspecified atom stereocenters. The van der Waals surface area contributed by atoms with E-state index in [0.29, 0.717) is 21.1 Å². The first-order valence-corrected chi connectivity index (χ1v) is 9.23. The summed E-state index contributed by atoms with van der Waals surface area (Å²) in [7, 11) is 0. The normalized spacial score (nSPS) is 11.2. The maximum Gasteiger partial charge on any atom is 0.216 e. The molecule has 0 aliphatic carbocycles. The molecule has 3 aromatic rings. The van der Waals surface area contributed by atoms with E-state index in [4.69, 9.17) is 28.6 Å². The van der Waals surface area contributed by atoms with E-state index >= 15 is 0 Å². The van der Waals surface area contributed by atoms with Gasteiger partial charge in [0.1, 0.15) is 18.2 Å². The number of halogens is 2. The van der Waals surface area contributed by atoms with E-state index in [0.717, 1.165) is 24.2 Å². The minimum absolute atomic E-state index is 0.0590. The first-order valence-electron chi connectivity index (χ1n) is 8.45. The standard InChI is InChI=1S/C19H18ClFN4OS/c1-2-4-18-23-24-19(27)25(18)22-11-13-7-9-14(10-8-13)26-12-15-16(20)5-3-6-17(15)21/h3,5-11H,2,4,12H2,1H3,(H,24,27)/b22-11+. The van der Waals surface area contributed by atoms with Crippen LogP contribution in [-0.4, -0.2) is 21.1 Å². The predicted molar refractivity (Wildman–Crippen MR) is 107 cm³/mol. The third-order valence-electron chi connectivity index (χ3n) is 3.84. The minimum Gasteiger partial charge on any atom is -0.489 e. The van der Waals surface area contributed by atoms with Crippen LogP contribution in [0.15, 0.2) is 47.6 Å². The lowest BCUT2D eigenvalue weighted by atomic mass is 10.2. The zero-order valence-corrected chi connectivity index (χ0v) is 16.2. The molecule has 27 heavy (non-hydrogen) atoms. The lowest BCUT2D eigenvalue weighted by Crippen LogP contribution is -2.00. The number of ether oxygens (including phenoxy) is 1. The first-order chi connectivity index (χ1) is 13.1. The third-order valence-corrected chi connectivity index (χ3v) is 4.46. The highest BCUT2D eigenvalue weighted by atomic mass is 35.5. The summed E-state index contributed by atoms with van der Waals surface area (Å²) in [5.41, 5.74) is 1.21. The van der Waals surface area contributed by atoms with Gasteiger partial charge in [-0.3, -0.25) is 5.10 Å². The Morgan fingerprint density at radius 3 is 2.78 bits per heavy atom. The predicted octanol–water partition coefficient (Wildman–Crippen LogP) is 5.15. The average molecular weight is 405 g/mol. The van der Waals surface area contributed by atoms with Gasteiger partial charge in [0.2, 0.25) is 4.77 Å². The van der Waals surface area contributed by atoms with Gasteiger partial charge < -0.3 is 4.74 Å². The molecule has 1 aromatic heterocycles. The van der Waals surface area contributed by atoms with Crippen LogP contribution in [0.2, 0.25) is 5.02 Å². The molecule has 0 spiro atoms. The number of hydrogen-bond donors (Lipinski definition) is 1. The van der Waals surface area contributed by atoms with Gasteiger partial charge in [0.05, 0.1) is 11.2 Å². The molecule has 8 heteroatoms. The highest BCUT2D eigenvalue weighted by molar-refractivity contribution is 7.71. The second-order valence-electron chi connectivity index (χ2n) is 5.81. The molecule has 0 saturated heterocycles. The molecular formula is C19H18ClFN4OS. The van der Waals surface area contributed by atoms with Crippen LogP contribution in [0.5, 0.6) is 5.75 Å². The van der Waals surface area contributed by atoms with Crippen molar-refractivity contribution >= 4 is 30.0 Å². The number of nitrogens with zero attached hydrogens (tertiary/aromatic N) is 3. The Morgan fingerprint density at radius 2 is 2.07 bits per heavy atom. The Bertz CT molecular complexity index is 977. The lowest BCUT2D eigenvalue weighted by molar-refractivity contribution is 0.300. The molecule has 1 N–H and O–H groups in total. The number of rotatable bonds is 7. The highest BCUT2D eigenvalue weighted by Gasteiger charge is 2.07. The molecule has 140 valence electrons. The van der Waals surface area contributed by atoms with E-state index in [1.165, 1.54) is 6.07 Å². The van der Waals surface area contributed by atoms with Crippen molar-refractivity contribution in [2.75, 3.05) is 0 Å². The maximum atomic E-state index is 13.8. The van der Waals surface area contributed by atoms with Crippen LogP contribution in [0.4, 0.5) is 4.39 Å². The molecule has 0 radical (unpaired) electrons. The van der Waals surface area contributed by atoms with Crippen molar-refractivity contribution in [3.05, 3.63) is 75.0 Å². The van der Waals surface area contributed by atoms with E-state index in [2.05, 4.69) is 22.2 Å². The fourth-order valence-corrected chi connectivity index (χ4v) is 2.84. The summed E-state index contributed by atoms with van der Waals surface area (Å²) in [6.45, 7) is 2.13. The number of aryl methyl sites for hydroxylation is 1. The molecule has 0 fully saturated rings. The second-order valence-corrected chi connectivity index (χ2v) is 6.60. The zero-order chi connectivity index (χ0) is 19.2. The van der Waals surface area contributed by atoms with Gasteiger partial charge in [0.15, 0.2) is 5.82 Å². The molecule has 0 amide bonds. The van der Waals surface area contributed by atoms with E-state index < -0.39 is 0 Å². The summed E-state index contributed by atoms with van der Waals surface area (Å²) >= 11 is 11.2. The maximum absolute atomic E-state index is 13.8. The fourth-order valence-electron chi connectivity index (χ4n) is 2.43. The van der Waals surface area contributed by atoms with Crippen LogP contribution in [0.3, 0.4) is 0 Å². The monoisotopic (exact) mass is 404 g/mol. The van der Waals surface area contributed by atoms with Crippen molar-refractivity contribution < 1.29 is 9.13 Å². The fraction of sp³-hybridized carbons (Fsp3) is 0.211. The van der Waals surface area contributed by atoms with Crippen molar-refractivity contribution in [3.63, 3.8) is 0 Å². The number of nitrogens with one attached hydrogen (secondary N) is 1. The number of hydrogen-bond acceptors (Lipinski definition) is 4. The van der Waals surface area contributed by atoms with Gasteiger partial charge in [-0.05, 0) is 60.6 Å².